The summed E-state index contributed by atoms with van der Waals surface area (Å²) in [5.41, 5.74) is 3.03. The summed E-state index contributed by atoms with van der Waals surface area (Å²) in [6.45, 7) is 3.14. The minimum Gasteiger partial charge on any atom is -0.390 e. The third-order valence-electron chi connectivity index (χ3n) is 8.98. The fraction of sp³-hybridized carbons (Fsp3) is 0.654. The Morgan fingerprint density at radius 3 is 2.44 bits per heavy atom. The zero-order chi connectivity index (χ0) is 25.4. The van der Waals surface area contributed by atoms with Gasteiger partial charge in [-0.15, -0.1) is 0 Å². The second-order valence-corrected chi connectivity index (χ2v) is 13.4. The maximum atomic E-state index is 13.4. The van der Waals surface area contributed by atoms with Crippen molar-refractivity contribution in [2.75, 3.05) is 17.5 Å². The van der Waals surface area contributed by atoms with Gasteiger partial charge in [0.1, 0.15) is 0 Å². The van der Waals surface area contributed by atoms with Crippen LogP contribution in [0.15, 0.2) is 18.2 Å². The molecule has 2 aliphatic heterocycles. The van der Waals surface area contributed by atoms with Crippen LogP contribution in [0.3, 0.4) is 0 Å². The smallest absolute Gasteiger partial charge is 0.256 e. The van der Waals surface area contributed by atoms with Gasteiger partial charge < -0.3 is 10.0 Å². The molecule has 0 aromatic heterocycles. The van der Waals surface area contributed by atoms with E-state index < -0.39 is 15.6 Å². The maximum Gasteiger partial charge on any atom is 0.256 e. The lowest BCUT2D eigenvalue weighted by Crippen LogP contribution is -2.49. The third-order valence-corrected chi connectivity index (χ3v) is 9.57. The van der Waals surface area contributed by atoms with Crippen LogP contribution in [0.5, 0.6) is 0 Å². The molecule has 0 radical (unpaired) electrons. The van der Waals surface area contributed by atoms with E-state index in [4.69, 9.17) is 5.84 Å². The molecule has 3 aliphatic carbocycles. The zero-order valence-electron chi connectivity index (χ0n) is 21.1. The number of sulfonamides is 1. The molecule has 3 fully saturated rings. The van der Waals surface area contributed by atoms with E-state index in [-0.39, 0.29) is 18.0 Å². The predicted molar refractivity (Wildman–Crippen MR) is 138 cm³/mol. The molecule has 0 saturated heterocycles. The van der Waals surface area contributed by atoms with Crippen molar-refractivity contribution in [2.24, 2.45) is 17.7 Å². The maximum absolute atomic E-state index is 13.4. The molecule has 1 unspecified atom stereocenters. The number of hydrogen-bond acceptors (Lipinski definition) is 7. The quantitative estimate of drug-likeness (QED) is 0.478. The van der Waals surface area contributed by atoms with Crippen LogP contribution in [0.2, 0.25) is 0 Å². The molecule has 6 rings (SSSR count). The minimum atomic E-state index is -3.58. The Morgan fingerprint density at radius 2 is 1.83 bits per heavy atom. The van der Waals surface area contributed by atoms with Gasteiger partial charge in [0.2, 0.25) is 10.0 Å². The Labute approximate surface area is 213 Å². The molecule has 4 N–H and O–H groups in total. The number of anilines is 1. The number of hydrazine groups is 2. The number of benzene rings is 1. The van der Waals surface area contributed by atoms with Crippen LogP contribution < -0.4 is 10.6 Å². The zero-order valence-corrected chi connectivity index (χ0v) is 21.9. The Kier molecular flexibility index (Phi) is 5.68. The summed E-state index contributed by atoms with van der Waals surface area (Å²) in [5.74, 6) is 7.22. The van der Waals surface area contributed by atoms with E-state index in [9.17, 15) is 18.3 Å². The summed E-state index contributed by atoms with van der Waals surface area (Å²) in [6.07, 6.45) is 11.1. The van der Waals surface area contributed by atoms with Crippen LogP contribution in [0.25, 0.3) is 5.70 Å². The number of carbonyl (C=O) groups is 1. The third kappa shape index (κ3) is 4.31. The molecule has 1 amide bonds. The number of amides is 1. The van der Waals surface area contributed by atoms with Gasteiger partial charge in [-0.25, -0.2) is 8.42 Å². The van der Waals surface area contributed by atoms with E-state index in [0.717, 1.165) is 74.4 Å². The van der Waals surface area contributed by atoms with Crippen LogP contribution in [0, 0.1) is 11.8 Å². The Morgan fingerprint density at radius 1 is 1.14 bits per heavy atom. The standard InChI is InChI=1S/C26H37N5O4S/c1-16(17-3-4-17)29-15-19-13-18(14-22(24(19)25(29)32)28-36(2,34)35)23-9-12-30(27)31(23)21-7-5-20(6-8-21)26(33)10-11-26/h9,13-14,16-17,20-21,28,33H,3-8,10-12,15,27H2,1-2H3. The normalized spacial score (nSPS) is 28.8. The Bertz CT molecular complexity index is 1210. The summed E-state index contributed by atoms with van der Waals surface area (Å²) in [6, 6.07) is 4.18. The molecule has 1 aromatic rings. The van der Waals surface area contributed by atoms with E-state index >= 15 is 0 Å². The predicted octanol–water partition coefficient (Wildman–Crippen LogP) is 2.64. The topological polar surface area (TPSA) is 119 Å². The molecule has 1 atom stereocenters. The van der Waals surface area contributed by atoms with Gasteiger partial charge in [0.15, 0.2) is 0 Å². The fourth-order valence-corrected chi connectivity index (χ4v) is 7.18. The number of rotatable bonds is 7. The lowest BCUT2D eigenvalue weighted by atomic mass is 9.81. The summed E-state index contributed by atoms with van der Waals surface area (Å²) in [4.78, 5) is 15.3. The van der Waals surface area contributed by atoms with Crippen LogP contribution in [-0.2, 0) is 16.6 Å². The number of hydrogen-bond donors (Lipinski definition) is 3. The highest BCUT2D eigenvalue weighted by Gasteiger charge is 2.49. The molecule has 36 heavy (non-hydrogen) atoms. The van der Waals surface area contributed by atoms with Gasteiger partial charge in [0, 0.05) is 24.2 Å². The van der Waals surface area contributed by atoms with Gasteiger partial charge >= 0.3 is 0 Å². The van der Waals surface area contributed by atoms with Crippen molar-refractivity contribution in [3.05, 3.63) is 34.9 Å². The molecule has 10 heteroatoms. The molecule has 0 spiro atoms. The minimum absolute atomic E-state index is 0.101. The Balaban J connectivity index is 1.31. The van der Waals surface area contributed by atoms with E-state index in [2.05, 4.69) is 22.7 Å². The number of nitrogens with one attached hydrogen (secondary N) is 1. The Hall–Kier alpha value is -2.14. The lowest BCUT2D eigenvalue weighted by Gasteiger charge is -2.41. The highest BCUT2D eigenvalue weighted by molar-refractivity contribution is 7.92. The van der Waals surface area contributed by atoms with E-state index in [1.807, 2.05) is 11.0 Å². The second-order valence-electron chi connectivity index (χ2n) is 11.6. The first-order chi connectivity index (χ1) is 17.0. The molecule has 0 bridgehead atoms. The summed E-state index contributed by atoms with van der Waals surface area (Å²) >= 11 is 0. The number of carbonyl (C=O) groups excluding carboxylic acids is 1. The number of fused-ring (bicyclic) bond motifs is 1. The van der Waals surface area contributed by atoms with Gasteiger partial charge in [-0.3, -0.25) is 20.4 Å². The first-order valence-electron chi connectivity index (χ1n) is 13.2. The van der Waals surface area contributed by atoms with Gasteiger partial charge in [-0.05, 0) is 93.9 Å². The molecular formula is C26H37N5O4S. The van der Waals surface area contributed by atoms with Crippen molar-refractivity contribution < 1.29 is 18.3 Å². The largest absolute Gasteiger partial charge is 0.390 e. The van der Waals surface area contributed by atoms with Crippen LogP contribution in [0.4, 0.5) is 5.69 Å². The van der Waals surface area contributed by atoms with Crippen LogP contribution in [-0.4, -0.2) is 64.9 Å². The summed E-state index contributed by atoms with van der Waals surface area (Å²) < 4.78 is 27.1. The van der Waals surface area contributed by atoms with E-state index in [1.165, 1.54) is 0 Å². The highest BCUT2D eigenvalue weighted by atomic mass is 32.2. The van der Waals surface area contributed by atoms with Crippen molar-refractivity contribution in [1.29, 1.82) is 0 Å². The number of nitrogens with two attached hydrogens (primary N) is 1. The first kappa shape index (κ1) is 24.2. The van der Waals surface area contributed by atoms with Crippen molar-refractivity contribution >= 4 is 27.3 Å². The van der Waals surface area contributed by atoms with Crippen LogP contribution >= 0.6 is 0 Å². The molecule has 3 saturated carbocycles. The summed E-state index contributed by atoms with van der Waals surface area (Å²) in [5, 5.41) is 14.4. The van der Waals surface area contributed by atoms with Crippen molar-refractivity contribution in [3.8, 4) is 0 Å². The summed E-state index contributed by atoms with van der Waals surface area (Å²) in [7, 11) is -3.58. The van der Waals surface area contributed by atoms with Crippen molar-refractivity contribution in [1.82, 2.24) is 15.0 Å². The molecule has 2 heterocycles. The average molecular weight is 516 g/mol. The van der Waals surface area contributed by atoms with Crippen molar-refractivity contribution in [3.63, 3.8) is 0 Å². The van der Waals surface area contributed by atoms with Crippen molar-refractivity contribution in [2.45, 2.75) is 82.5 Å². The van der Waals surface area contributed by atoms with Crippen LogP contribution in [0.1, 0.15) is 79.8 Å². The SMILES string of the molecule is CC(C1CC1)N1Cc2cc(C3=CCN(N)N3C3CCC(C4(O)CC4)CC3)cc(NS(C)(=O)=O)c2C1=O. The molecule has 1 aromatic carbocycles. The molecule has 5 aliphatic rings. The average Bonchev–Trinajstić information content (AvgIpc) is 3.73. The van der Waals surface area contributed by atoms with Gasteiger partial charge in [-0.1, -0.05) is 0 Å². The molecule has 196 valence electrons. The fourth-order valence-electron chi connectivity index (χ4n) is 6.62. The van der Waals surface area contributed by atoms with E-state index in [0.29, 0.717) is 36.2 Å². The number of nitrogens with zero attached hydrogens (tertiary/aromatic N) is 3. The number of aliphatic hydroxyl groups is 1. The molecular weight excluding hydrogens is 478 g/mol. The van der Waals surface area contributed by atoms with Gasteiger partial charge in [0.25, 0.3) is 5.91 Å². The van der Waals surface area contributed by atoms with E-state index in [1.54, 1.807) is 11.2 Å². The molecule has 9 nitrogen and oxygen atoms in total. The first-order valence-corrected chi connectivity index (χ1v) is 15.1. The van der Waals surface area contributed by atoms with Gasteiger partial charge in [0.05, 0.1) is 35.3 Å². The lowest BCUT2D eigenvalue weighted by molar-refractivity contribution is -0.0170. The monoisotopic (exact) mass is 515 g/mol. The second kappa shape index (κ2) is 8.44. The van der Waals surface area contributed by atoms with Gasteiger partial charge in [-0.2, -0.15) is 5.12 Å². The highest BCUT2D eigenvalue weighted by Crippen LogP contribution is 2.49.